The van der Waals surface area contributed by atoms with Crippen LogP contribution in [0.2, 0.25) is 5.02 Å². The molecule has 27 heavy (non-hydrogen) atoms. The molecule has 1 amide bonds. The molecule has 9 heteroatoms. The molecule has 0 aliphatic carbocycles. The maximum Gasteiger partial charge on any atom is 0.416 e. The van der Waals surface area contributed by atoms with Crippen molar-refractivity contribution in [2.45, 2.75) is 12.3 Å². The first-order valence-electron chi connectivity index (χ1n) is 7.80. The number of carbonyl (C=O) groups is 1. The molecule has 0 aliphatic rings. The van der Waals surface area contributed by atoms with E-state index in [2.05, 4.69) is 5.32 Å². The number of alkyl halides is 3. The van der Waals surface area contributed by atoms with Crippen molar-refractivity contribution in [2.24, 2.45) is 0 Å². The molecule has 146 valence electrons. The highest BCUT2D eigenvalue weighted by molar-refractivity contribution is 6.30. The molecule has 0 saturated carbocycles. The highest BCUT2D eigenvalue weighted by atomic mass is 35.5. The topological polar surface area (TPSA) is 67.8 Å². The number of hydrogen-bond donors (Lipinski definition) is 2. The molecule has 0 fully saturated rings. The van der Waals surface area contributed by atoms with E-state index in [1.807, 2.05) is 0 Å². The predicted molar refractivity (Wildman–Crippen MR) is 93.3 cm³/mol. The molecule has 2 rings (SSSR count). The number of amides is 1. The van der Waals surface area contributed by atoms with Gasteiger partial charge in [-0.05, 0) is 42.5 Å². The molecule has 5 nitrogen and oxygen atoms in total. The van der Waals surface area contributed by atoms with E-state index in [9.17, 15) is 23.1 Å². The minimum absolute atomic E-state index is 0.120. The van der Waals surface area contributed by atoms with Crippen molar-refractivity contribution >= 4 is 17.5 Å². The van der Waals surface area contributed by atoms with Crippen molar-refractivity contribution in [3.8, 4) is 11.5 Å². The van der Waals surface area contributed by atoms with Crippen LogP contribution in [0, 0.1) is 0 Å². The highest BCUT2D eigenvalue weighted by Gasteiger charge is 2.30. The number of hydrogen-bond acceptors (Lipinski definition) is 4. The average molecular weight is 404 g/mol. The molecule has 0 radical (unpaired) electrons. The molecule has 0 saturated heterocycles. The molecule has 0 bridgehead atoms. The Bertz CT molecular complexity index is 781. The average Bonchev–Trinajstić information content (AvgIpc) is 2.63. The van der Waals surface area contributed by atoms with Gasteiger partial charge < -0.3 is 19.9 Å². The molecule has 0 heterocycles. The van der Waals surface area contributed by atoms with Crippen LogP contribution in [0.3, 0.4) is 0 Å². The number of ether oxygens (including phenoxy) is 2. The van der Waals surface area contributed by atoms with Crippen LogP contribution in [0.5, 0.6) is 11.5 Å². The third-order valence-electron chi connectivity index (χ3n) is 3.53. The zero-order valence-electron chi connectivity index (χ0n) is 14.2. The maximum absolute atomic E-state index is 12.5. The van der Waals surface area contributed by atoms with E-state index in [0.29, 0.717) is 5.02 Å². The molecule has 1 atom stereocenters. The lowest BCUT2D eigenvalue weighted by molar-refractivity contribution is -0.137. The summed E-state index contributed by atoms with van der Waals surface area (Å²) in [5, 5.41) is 12.8. The van der Waals surface area contributed by atoms with Gasteiger partial charge in [0.15, 0.2) is 0 Å². The highest BCUT2D eigenvalue weighted by Crippen LogP contribution is 2.30. The number of halogens is 4. The van der Waals surface area contributed by atoms with Gasteiger partial charge in [0.1, 0.15) is 24.2 Å². The Balaban J connectivity index is 1.84. The molecular weight excluding hydrogens is 387 g/mol. The molecule has 0 aromatic heterocycles. The quantitative estimate of drug-likeness (QED) is 0.742. The maximum atomic E-state index is 12.5. The van der Waals surface area contributed by atoms with Crippen molar-refractivity contribution in [2.75, 3.05) is 20.3 Å². The molecule has 1 unspecified atom stereocenters. The van der Waals surface area contributed by atoms with Crippen molar-refractivity contribution in [3.05, 3.63) is 58.6 Å². The Morgan fingerprint density at radius 3 is 2.48 bits per heavy atom. The lowest BCUT2D eigenvalue weighted by Gasteiger charge is -2.15. The smallest absolute Gasteiger partial charge is 0.416 e. The minimum atomic E-state index is -4.43. The Labute approximate surface area is 158 Å². The summed E-state index contributed by atoms with van der Waals surface area (Å²) in [6.45, 7) is -0.325. The number of aliphatic hydroxyl groups excluding tert-OH is 1. The summed E-state index contributed by atoms with van der Waals surface area (Å²) in [7, 11) is 1.40. The van der Waals surface area contributed by atoms with Crippen LogP contribution in [0.1, 0.15) is 15.9 Å². The molecule has 2 N–H and O–H groups in total. The van der Waals surface area contributed by atoms with Crippen molar-refractivity contribution in [1.29, 1.82) is 0 Å². The summed E-state index contributed by atoms with van der Waals surface area (Å²) < 4.78 is 47.8. The van der Waals surface area contributed by atoms with Gasteiger partial charge in [0.05, 0.1) is 18.2 Å². The van der Waals surface area contributed by atoms with Gasteiger partial charge in [0.25, 0.3) is 5.91 Å². The lowest BCUT2D eigenvalue weighted by atomic mass is 10.2. The van der Waals surface area contributed by atoms with E-state index >= 15 is 0 Å². The van der Waals surface area contributed by atoms with Crippen LogP contribution in [-0.4, -0.2) is 37.4 Å². The molecule has 2 aromatic carbocycles. The number of aliphatic hydroxyl groups is 1. The first-order chi connectivity index (χ1) is 12.7. The Hall–Kier alpha value is -2.45. The second-order valence-corrected chi connectivity index (χ2v) is 5.98. The first-order valence-corrected chi connectivity index (χ1v) is 8.18. The van der Waals surface area contributed by atoms with Gasteiger partial charge in [-0.15, -0.1) is 0 Å². The van der Waals surface area contributed by atoms with Gasteiger partial charge in [0, 0.05) is 11.6 Å². The summed E-state index contributed by atoms with van der Waals surface area (Å²) in [4.78, 5) is 12.2. The van der Waals surface area contributed by atoms with Gasteiger partial charge in [-0.3, -0.25) is 4.79 Å². The van der Waals surface area contributed by atoms with Gasteiger partial charge >= 0.3 is 6.18 Å². The Kier molecular flexibility index (Phi) is 6.92. The van der Waals surface area contributed by atoms with Crippen molar-refractivity contribution in [1.82, 2.24) is 5.32 Å². The van der Waals surface area contributed by atoms with E-state index in [0.717, 1.165) is 24.3 Å². The SMILES string of the molecule is COc1cc(Cl)ccc1C(=O)NCC(O)COc1ccc(C(F)(F)F)cc1. The van der Waals surface area contributed by atoms with Gasteiger partial charge in [-0.25, -0.2) is 0 Å². The summed E-state index contributed by atoms with van der Waals surface area (Å²) in [6, 6.07) is 8.59. The zero-order valence-corrected chi connectivity index (χ0v) is 15.0. The Morgan fingerprint density at radius 1 is 1.22 bits per heavy atom. The second-order valence-electron chi connectivity index (χ2n) is 5.54. The van der Waals surface area contributed by atoms with E-state index in [-0.39, 0.29) is 30.2 Å². The predicted octanol–water partition coefficient (Wildman–Crippen LogP) is 3.54. The molecule has 2 aromatic rings. The first kappa shape index (κ1) is 20.9. The number of rotatable bonds is 7. The van der Waals surface area contributed by atoms with Crippen LogP contribution >= 0.6 is 11.6 Å². The molecule has 0 aliphatic heterocycles. The fraction of sp³-hybridized carbons (Fsp3) is 0.278. The summed E-state index contributed by atoms with van der Waals surface area (Å²) in [5.41, 5.74) is -0.544. The van der Waals surface area contributed by atoms with Crippen LogP contribution in [0.4, 0.5) is 13.2 Å². The van der Waals surface area contributed by atoms with Gasteiger partial charge in [-0.1, -0.05) is 11.6 Å². The second kappa shape index (κ2) is 8.96. The lowest BCUT2D eigenvalue weighted by Crippen LogP contribution is -2.35. The fourth-order valence-electron chi connectivity index (χ4n) is 2.15. The van der Waals surface area contributed by atoms with E-state index in [1.54, 1.807) is 0 Å². The van der Waals surface area contributed by atoms with Crippen molar-refractivity contribution in [3.63, 3.8) is 0 Å². The third kappa shape index (κ3) is 6.04. The van der Waals surface area contributed by atoms with Crippen LogP contribution < -0.4 is 14.8 Å². The van der Waals surface area contributed by atoms with E-state index in [4.69, 9.17) is 21.1 Å². The number of nitrogens with one attached hydrogen (secondary N) is 1. The van der Waals surface area contributed by atoms with Gasteiger partial charge in [0.2, 0.25) is 0 Å². The van der Waals surface area contributed by atoms with Crippen LogP contribution in [-0.2, 0) is 6.18 Å². The van der Waals surface area contributed by atoms with Crippen LogP contribution in [0.15, 0.2) is 42.5 Å². The third-order valence-corrected chi connectivity index (χ3v) is 3.77. The van der Waals surface area contributed by atoms with Gasteiger partial charge in [-0.2, -0.15) is 13.2 Å². The largest absolute Gasteiger partial charge is 0.496 e. The Morgan fingerprint density at radius 2 is 1.89 bits per heavy atom. The van der Waals surface area contributed by atoms with Crippen molar-refractivity contribution < 1.29 is 32.5 Å². The standard InChI is InChI=1S/C18H17ClF3NO4/c1-26-16-8-12(19)4-7-15(16)17(25)23-9-13(24)10-27-14-5-2-11(3-6-14)18(20,21)22/h2-8,13,24H,9-10H2,1H3,(H,23,25). The molecular formula is C18H17ClF3NO4. The monoisotopic (exact) mass is 403 g/mol. The number of methoxy groups -OCH3 is 1. The summed E-state index contributed by atoms with van der Waals surface area (Å²) in [5.74, 6) is -0.0136. The fourth-order valence-corrected chi connectivity index (χ4v) is 2.31. The normalized spacial score (nSPS) is 12.4. The molecule has 0 spiro atoms. The summed E-state index contributed by atoms with van der Waals surface area (Å²) in [6.07, 6.45) is -5.49. The van der Waals surface area contributed by atoms with Crippen LogP contribution in [0.25, 0.3) is 0 Å². The van der Waals surface area contributed by atoms with E-state index in [1.165, 1.54) is 25.3 Å². The minimum Gasteiger partial charge on any atom is -0.496 e. The number of benzene rings is 2. The zero-order chi connectivity index (χ0) is 20.0. The number of carbonyl (C=O) groups excluding carboxylic acids is 1. The van der Waals surface area contributed by atoms with E-state index < -0.39 is 23.8 Å². The summed E-state index contributed by atoms with van der Waals surface area (Å²) >= 11 is 5.83.